The summed E-state index contributed by atoms with van der Waals surface area (Å²) in [4.78, 5) is 8.47. The van der Waals surface area contributed by atoms with Crippen molar-refractivity contribution in [3.05, 3.63) is 4.91 Å². The molecular weight excluding hydrogens is 97.5 g/mol. The molecule has 5 heteroatoms. The van der Waals surface area contributed by atoms with E-state index in [0.29, 0.717) is 0 Å². The van der Waals surface area contributed by atoms with E-state index >= 15 is 0 Å². The highest BCUT2D eigenvalue weighted by molar-refractivity contribution is 3.56. The summed E-state index contributed by atoms with van der Waals surface area (Å²) in [6, 6.07) is 0. The monoisotopic (exact) mass is 99.0 g/mol. The lowest BCUT2D eigenvalue weighted by atomic mass is 13.1. The van der Waals surface area contributed by atoms with Gasteiger partial charge in [-0.1, -0.05) is 0 Å². The molecule has 0 spiro atoms. The van der Waals surface area contributed by atoms with Crippen LogP contribution in [0.4, 0.5) is 0 Å². The molecule has 0 aliphatic carbocycles. The molecule has 0 aliphatic heterocycles. The van der Waals surface area contributed by atoms with Crippen LogP contribution < -0.4 is 12.4 Å². The molecule has 0 saturated carbocycles. The molecule has 0 aromatic rings. The van der Waals surface area contributed by atoms with Crippen molar-refractivity contribution in [3.8, 4) is 0 Å². The zero-order valence-electron chi connectivity index (χ0n) is 2.13. The first-order valence-electron chi connectivity index (χ1n) is 0.583. The summed E-state index contributed by atoms with van der Waals surface area (Å²) in [7, 11) is 0. The van der Waals surface area contributed by atoms with Gasteiger partial charge in [0.05, 0.1) is 0 Å². The Morgan fingerprint density at radius 2 is 1.40 bits per heavy atom. The third-order valence-electron chi connectivity index (χ3n) is 0. The molecule has 0 fully saturated rings. The van der Waals surface area contributed by atoms with Gasteiger partial charge in [0.1, 0.15) is 4.91 Å². The van der Waals surface area contributed by atoms with Gasteiger partial charge in [0.25, 0.3) is 0 Å². The van der Waals surface area contributed by atoms with Crippen LogP contribution in [-0.4, -0.2) is 15.5 Å². The van der Waals surface area contributed by atoms with Crippen LogP contribution in [0.1, 0.15) is 0 Å². The molecule has 0 radical (unpaired) electrons. The van der Waals surface area contributed by atoms with Crippen molar-refractivity contribution < 1.29 is 27.9 Å². The number of hydrogen-bond acceptors (Lipinski definition) is 1. The molecule has 0 heterocycles. The second-order valence-electron chi connectivity index (χ2n) is 0.253. The van der Waals surface area contributed by atoms with Crippen LogP contribution in [0.25, 0.3) is 0 Å². The van der Waals surface area contributed by atoms with Crippen LogP contribution in [0.2, 0.25) is 0 Å². The molecule has 0 atom stereocenters. The van der Waals surface area contributed by atoms with Crippen molar-refractivity contribution >= 4 is 0 Å². The Kier molecular flexibility index (Phi) is 6.16. The number of halogens is 1. The summed E-state index contributed by atoms with van der Waals surface area (Å²) in [5, 5.41) is 12.5. The molecular formula is H2ClNO3. The maximum Gasteiger partial charge on any atom is 0.472 e. The lowest BCUT2D eigenvalue weighted by Crippen LogP contribution is -3.00. The third kappa shape index (κ3) is 29.8. The summed E-state index contributed by atoms with van der Waals surface area (Å²) < 4.78 is 0. The van der Waals surface area contributed by atoms with E-state index in [0.717, 1.165) is 0 Å². The maximum atomic E-state index is 8.47. The Morgan fingerprint density at radius 3 is 1.40 bits per heavy atom. The van der Waals surface area contributed by atoms with Crippen LogP contribution >= 0.6 is 0 Å². The van der Waals surface area contributed by atoms with Gasteiger partial charge in [0.2, 0.25) is 0 Å². The fourth-order valence-electron chi connectivity index (χ4n) is 0. The zero-order chi connectivity index (χ0) is 3.58. The van der Waals surface area contributed by atoms with E-state index in [2.05, 4.69) is 0 Å². The molecule has 0 aromatic heterocycles. The second kappa shape index (κ2) is 3.49. The quantitative estimate of drug-likeness (QED) is 0.311. The number of hydrogen-bond donors (Lipinski definition) is 2. The molecule has 32 valence electrons. The Labute approximate surface area is 33.9 Å². The molecule has 0 bridgehead atoms. The van der Waals surface area contributed by atoms with Crippen molar-refractivity contribution in [1.82, 2.24) is 0 Å². The van der Waals surface area contributed by atoms with E-state index in [4.69, 9.17) is 15.3 Å². The van der Waals surface area contributed by atoms with E-state index in [-0.39, 0.29) is 12.4 Å². The summed E-state index contributed by atoms with van der Waals surface area (Å²) in [5.41, 5.74) is 0. The van der Waals surface area contributed by atoms with Gasteiger partial charge in [-0.15, -0.1) is 0 Å². The largest absolute Gasteiger partial charge is 1.00 e. The molecule has 0 unspecified atom stereocenters. The smallest absolute Gasteiger partial charge is 0.472 e. The highest BCUT2D eigenvalue weighted by Crippen LogP contribution is 1.31. The molecule has 4 nitrogen and oxygen atoms in total. The first-order valence-corrected chi connectivity index (χ1v) is 0.583. The first-order chi connectivity index (χ1) is 1.73. The highest BCUT2D eigenvalue weighted by atomic mass is 35.5. The summed E-state index contributed by atoms with van der Waals surface area (Å²) in [5.74, 6) is 0. The van der Waals surface area contributed by atoms with Gasteiger partial charge >= 0.3 is 5.09 Å². The van der Waals surface area contributed by atoms with E-state index in [1.54, 1.807) is 0 Å². The Balaban J connectivity index is 0. The lowest BCUT2D eigenvalue weighted by Gasteiger charge is -1.45. The fraction of sp³-hybridized carbons (Fsp3) is 0. The first kappa shape index (κ1) is 8.82. The molecule has 0 aromatic carbocycles. The van der Waals surface area contributed by atoms with Gasteiger partial charge in [-0.3, -0.25) is 0 Å². The van der Waals surface area contributed by atoms with Gasteiger partial charge in [-0.05, 0) is 0 Å². The van der Waals surface area contributed by atoms with Crippen LogP contribution in [0.5, 0.6) is 0 Å². The van der Waals surface area contributed by atoms with Crippen molar-refractivity contribution in [2.45, 2.75) is 0 Å². The lowest BCUT2D eigenvalue weighted by molar-refractivity contribution is -0.969. The normalized spacial score (nSPS) is 4.80. The molecule has 5 heavy (non-hydrogen) atoms. The van der Waals surface area contributed by atoms with Crippen LogP contribution in [0.3, 0.4) is 0 Å². The predicted molar refractivity (Wildman–Crippen MR) is 7.20 cm³/mol. The Hall–Kier alpha value is -0.510. The third-order valence-corrected chi connectivity index (χ3v) is 0. The van der Waals surface area contributed by atoms with Crippen LogP contribution in [0.15, 0.2) is 0 Å². The van der Waals surface area contributed by atoms with Gasteiger partial charge in [-0.25, -0.2) is 10.4 Å². The van der Waals surface area contributed by atoms with Gasteiger partial charge < -0.3 is 12.4 Å². The van der Waals surface area contributed by atoms with Crippen LogP contribution in [-0.2, 0) is 0 Å². The van der Waals surface area contributed by atoms with Crippen LogP contribution in [0, 0.1) is 4.91 Å². The van der Waals surface area contributed by atoms with Crippen molar-refractivity contribution in [2.24, 2.45) is 0 Å². The van der Waals surface area contributed by atoms with Gasteiger partial charge in [0, 0.05) is 0 Å². The average molecular weight is 99.5 g/mol. The zero-order valence-corrected chi connectivity index (χ0v) is 2.88. The van der Waals surface area contributed by atoms with E-state index in [9.17, 15) is 0 Å². The van der Waals surface area contributed by atoms with Gasteiger partial charge in [0.15, 0.2) is 0 Å². The highest BCUT2D eigenvalue weighted by Gasteiger charge is 1.78. The fourth-order valence-corrected chi connectivity index (χ4v) is 0. The molecule has 0 saturated heterocycles. The minimum atomic E-state index is -1.25. The molecule has 2 N–H and O–H groups in total. The van der Waals surface area contributed by atoms with E-state index in [1.165, 1.54) is 0 Å². The van der Waals surface area contributed by atoms with Gasteiger partial charge in [-0.2, -0.15) is 0 Å². The second-order valence-corrected chi connectivity index (χ2v) is 0.253. The minimum absolute atomic E-state index is 0. The Morgan fingerprint density at radius 1 is 1.40 bits per heavy atom. The Bertz CT molecular complexity index is 29.9. The summed E-state index contributed by atoms with van der Waals surface area (Å²) >= 11 is 0. The minimum Gasteiger partial charge on any atom is -1.00 e. The van der Waals surface area contributed by atoms with Crippen molar-refractivity contribution in [3.63, 3.8) is 0 Å². The van der Waals surface area contributed by atoms with E-state index < -0.39 is 5.09 Å². The topological polar surface area (TPSA) is 60.5 Å². The summed E-state index contributed by atoms with van der Waals surface area (Å²) in [6.07, 6.45) is 0. The maximum absolute atomic E-state index is 8.47. The van der Waals surface area contributed by atoms with E-state index in [1.807, 2.05) is 0 Å². The molecule has 0 rings (SSSR count). The summed E-state index contributed by atoms with van der Waals surface area (Å²) in [6.45, 7) is 0. The molecule has 0 aliphatic rings. The SMILES string of the molecule is O=[N+](O)O.[Cl-]. The number of rotatable bonds is 0. The average Bonchev–Trinajstić information content (AvgIpc) is 0.811. The van der Waals surface area contributed by atoms with Crippen molar-refractivity contribution in [2.75, 3.05) is 0 Å². The predicted octanol–water partition coefficient (Wildman–Crippen LogP) is -3.45. The number of nitrogens with zero attached hydrogens (tertiary/aromatic N) is 1. The van der Waals surface area contributed by atoms with Crippen molar-refractivity contribution in [1.29, 1.82) is 0 Å². The standard InChI is InChI=1S/ClH.H2NO3/c;2-1(3)4/h1H;(H2,2,3,4)/q;+1/p-1. The molecule has 0 amide bonds.